The van der Waals surface area contributed by atoms with Crippen molar-refractivity contribution in [3.63, 3.8) is 0 Å². The molecule has 0 radical (unpaired) electrons. The molecule has 266 valence electrons. The monoisotopic (exact) mass is 719 g/mol. The normalized spacial score (nSPS) is 21.2. The van der Waals surface area contributed by atoms with Crippen LogP contribution in [0.4, 0.5) is 40.9 Å². The first-order valence-corrected chi connectivity index (χ1v) is 15.8. The zero-order valence-corrected chi connectivity index (χ0v) is 26.5. The van der Waals surface area contributed by atoms with Gasteiger partial charge >= 0.3 is 24.3 Å². The summed E-state index contributed by atoms with van der Waals surface area (Å²) in [4.78, 5) is 27.9. The summed E-state index contributed by atoms with van der Waals surface area (Å²) < 4.78 is 118. The minimum atomic E-state index is -5.11. The van der Waals surface area contributed by atoms with Gasteiger partial charge in [-0.3, -0.25) is 9.88 Å². The van der Waals surface area contributed by atoms with Crippen molar-refractivity contribution in [1.29, 1.82) is 0 Å². The van der Waals surface area contributed by atoms with Crippen LogP contribution in [-0.4, -0.2) is 98.9 Å². The van der Waals surface area contributed by atoms with Crippen molar-refractivity contribution < 1.29 is 54.3 Å². The van der Waals surface area contributed by atoms with E-state index < -0.39 is 59.6 Å². The van der Waals surface area contributed by atoms with E-state index in [1.165, 1.54) is 23.2 Å². The van der Waals surface area contributed by atoms with Gasteiger partial charge in [0.1, 0.15) is 35.2 Å². The number of carbonyl (C=O) groups is 1. The summed E-state index contributed by atoms with van der Waals surface area (Å²) in [6, 6.07) is 4.48. The van der Waals surface area contributed by atoms with Crippen LogP contribution in [0, 0.1) is 29.9 Å². The van der Waals surface area contributed by atoms with E-state index in [0.717, 1.165) is 18.3 Å². The first-order valence-electron chi connectivity index (χ1n) is 15.8. The predicted molar refractivity (Wildman–Crippen MR) is 167 cm³/mol. The first kappa shape index (κ1) is 34.3. The number of aromatic nitrogens is 3. The van der Waals surface area contributed by atoms with E-state index in [9.17, 15) is 40.6 Å². The predicted octanol–water partition coefficient (Wildman–Crippen LogP) is 5.60. The molecule has 2 fully saturated rings. The number of hydrogen-bond acceptors (Lipinski definition) is 8. The number of anilines is 1. The second kappa shape index (κ2) is 12.3. The van der Waals surface area contributed by atoms with E-state index in [1.54, 1.807) is 4.90 Å². The molecule has 3 aliphatic rings. The lowest BCUT2D eigenvalue weighted by Crippen LogP contribution is -2.46. The number of alkyl halides is 6. The molecule has 0 spiro atoms. The SMILES string of the molecule is C#Cc1c(F)ccc2cc(O)cc(-c3ncc4c(N5CC=[N+](C(=O)C(F)(F)F)CC5)nc(OCC56CCCN5CC(C(F)(F)F)C6)nc4c3F)c12. The van der Waals surface area contributed by atoms with Gasteiger partial charge in [0.05, 0.1) is 35.5 Å². The van der Waals surface area contributed by atoms with Gasteiger partial charge in [-0.05, 0) is 49.4 Å². The van der Waals surface area contributed by atoms with Gasteiger partial charge < -0.3 is 14.7 Å². The molecule has 2 atom stereocenters. The molecule has 3 aliphatic heterocycles. The molecule has 2 aromatic carbocycles. The molecule has 51 heavy (non-hydrogen) atoms. The molecular weight excluding hydrogens is 692 g/mol. The van der Waals surface area contributed by atoms with E-state index in [4.69, 9.17) is 11.2 Å². The minimum absolute atomic E-state index is 0.0148. The average molecular weight is 720 g/mol. The molecule has 7 rings (SSSR count). The molecule has 2 unspecified atom stereocenters. The Labute approximate surface area is 284 Å². The minimum Gasteiger partial charge on any atom is -0.508 e. The quantitative estimate of drug-likeness (QED) is 0.162. The van der Waals surface area contributed by atoms with Crippen molar-refractivity contribution in [3.8, 4) is 35.4 Å². The highest BCUT2D eigenvalue weighted by Gasteiger charge is 2.56. The molecule has 0 bridgehead atoms. The van der Waals surface area contributed by atoms with Crippen LogP contribution in [0.3, 0.4) is 0 Å². The number of hydrogen-bond donors (Lipinski definition) is 1. The lowest BCUT2D eigenvalue weighted by Gasteiger charge is -2.31. The summed E-state index contributed by atoms with van der Waals surface area (Å²) in [5.41, 5.74) is -2.04. The van der Waals surface area contributed by atoms with Crippen molar-refractivity contribution in [2.75, 3.05) is 44.2 Å². The summed E-state index contributed by atoms with van der Waals surface area (Å²) >= 11 is 0. The van der Waals surface area contributed by atoms with Crippen LogP contribution in [0.15, 0.2) is 30.5 Å². The largest absolute Gasteiger partial charge is 0.521 e. The first-order chi connectivity index (χ1) is 24.1. The number of nitrogens with zero attached hydrogens (tertiary/aromatic N) is 6. The number of halogens is 8. The van der Waals surface area contributed by atoms with Crippen LogP contribution in [0.25, 0.3) is 32.9 Å². The molecule has 4 aromatic rings. The van der Waals surface area contributed by atoms with Crippen LogP contribution < -0.4 is 9.64 Å². The topological polar surface area (TPSA) is 94.7 Å². The maximum atomic E-state index is 16.7. The highest BCUT2D eigenvalue weighted by atomic mass is 19.4. The highest BCUT2D eigenvalue weighted by Crippen LogP contribution is 2.47. The number of ether oxygens (including phenoxy) is 1. The summed E-state index contributed by atoms with van der Waals surface area (Å²) in [5, 5.41) is 10.8. The Morgan fingerprint density at radius 2 is 1.92 bits per heavy atom. The second-order valence-electron chi connectivity index (χ2n) is 12.8. The number of benzene rings is 2. The van der Waals surface area contributed by atoms with Crippen molar-refractivity contribution >= 4 is 39.6 Å². The molecule has 0 saturated carbocycles. The van der Waals surface area contributed by atoms with E-state index in [-0.39, 0.29) is 77.0 Å². The smallest absolute Gasteiger partial charge is 0.508 e. The van der Waals surface area contributed by atoms with Gasteiger partial charge in [-0.15, -0.1) is 6.42 Å². The fourth-order valence-electron chi connectivity index (χ4n) is 7.36. The summed E-state index contributed by atoms with van der Waals surface area (Å²) in [6.07, 6.45) is -0.915. The molecule has 0 aliphatic carbocycles. The summed E-state index contributed by atoms with van der Waals surface area (Å²) in [5.74, 6) is -3.58. The fourth-order valence-corrected chi connectivity index (χ4v) is 7.36. The van der Waals surface area contributed by atoms with Gasteiger partial charge in [-0.25, -0.2) is 13.6 Å². The summed E-state index contributed by atoms with van der Waals surface area (Å²) in [7, 11) is 0. The Morgan fingerprint density at radius 3 is 2.61 bits per heavy atom. The number of carbonyl (C=O) groups excluding carboxylic acids is 1. The zero-order valence-electron chi connectivity index (χ0n) is 26.5. The Balaban J connectivity index is 1.34. The van der Waals surface area contributed by atoms with Crippen molar-refractivity contribution in [1.82, 2.24) is 19.9 Å². The third kappa shape index (κ3) is 6.04. The number of amides is 1. The Kier molecular flexibility index (Phi) is 8.27. The van der Waals surface area contributed by atoms with Gasteiger partial charge in [-0.1, -0.05) is 12.0 Å². The number of aromatic hydroxyl groups is 1. The zero-order chi connectivity index (χ0) is 36.5. The average Bonchev–Trinajstić information content (AvgIpc) is 3.65. The molecule has 2 aromatic heterocycles. The molecule has 5 heterocycles. The fraction of sp³-hybridized carbons (Fsp3) is 0.382. The molecule has 2 saturated heterocycles. The lowest BCUT2D eigenvalue weighted by molar-refractivity contribution is -0.465. The van der Waals surface area contributed by atoms with E-state index in [2.05, 4.69) is 20.9 Å². The number of pyridine rings is 1. The van der Waals surface area contributed by atoms with E-state index in [1.807, 2.05) is 0 Å². The number of phenolic OH excluding ortho intramolecular Hbond substituents is 1. The standard InChI is InChI=1S/C34H26F8N6O3/c1-2-21-24(35)5-4-18-12-20(49)13-22(25(18)21)27-26(36)28-23(15-43-27)29(46-8-10-47(11-9-46)30(50)34(40,41)42)45-31(44-28)51-17-32-6-3-7-48(32)16-19(14-32)33(37,38)39/h1,4-5,10,12-13,15,19H,3,6-9,11,14,16-17H2/p+1. The number of rotatable bonds is 5. The van der Waals surface area contributed by atoms with Crippen molar-refractivity contribution in [3.05, 3.63) is 47.7 Å². The lowest BCUT2D eigenvalue weighted by atomic mass is 9.90. The number of fused-ring (bicyclic) bond motifs is 3. The van der Waals surface area contributed by atoms with Gasteiger partial charge in [-0.2, -0.15) is 40.9 Å². The number of phenols is 1. The van der Waals surface area contributed by atoms with Gasteiger partial charge in [0.25, 0.3) is 0 Å². The third-order valence-electron chi connectivity index (χ3n) is 9.77. The van der Waals surface area contributed by atoms with Crippen LogP contribution in [0.5, 0.6) is 11.8 Å². The van der Waals surface area contributed by atoms with E-state index in [0.29, 0.717) is 24.0 Å². The molecular formula is C34H27F8N6O3+. The van der Waals surface area contributed by atoms with Gasteiger partial charge in [0, 0.05) is 23.7 Å². The van der Waals surface area contributed by atoms with Gasteiger partial charge in [0.2, 0.25) is 0 Å². The maximum Gasteiger partial charge on any atom is 0.521 e. The molecule has 1 N–H and O–H groups in total. The Bertz CT molecular complexity index is 2170. The third-order valence-corrected chi connectivity index (χ3v) is 9.77. The molecule has 17 heteroatoms. The highest BCUT2D eigenvalue weighted by molar-refractivity contribution is 6.03. The molecule has 1 amide bonds. The van der Waals surface area contributed by atoms with Gasteiger partial charge in [0.15, 0.2) is 18.6 Å². The van der Waals surface area contributed by atoms with Crippen molar-refractivity contribution in [2.45, 2.75) is 37.2 Å². The van der Waals surface area contributed by atoms with Crippen molar-refractivity contribution in [2.24, 2.45) is 5.92 Å². The summed E-state index contributed by atoms with van der Waals surface area (Å²) in [6.45, 7) is -0.885. The van der Waals surface area contributed by atoms with Crippen LogP contribution in [0.1, 0.15) is 24.8 Å². The van der Waals surface area contributed by atoms with Crippen LogP contribution in [-0.2, 0) is 4.79 Å². The van der Waals surface area contributed by atoms with Crippen LogP contribution >= 0.6 is 0 Å². The maximum absolute atomic E-state index is 16.7. The number of terminal acetylenes is 1. The van der Waals surface area contributed by atoms with Crippen LogP contribution in [0.2, 0.25) is 0 Å². The molecule has 9 nitrogen and oxygen atoms in total. The second-order valence-corrected chi connectivity index (χ2v) is 12.8. The Hall–Kier alpha value is -5.11. The van der Waals surface area contributed by atoms with E-state index >= 15 is 4.39 Å². The Morgan fingerprint density at radius 1 is 1.14 bits per heavy atom.